The van der Waals surface area contributed by atoms with Gasteiger partial charge in [-0.1, -0.05) is 33.6 Å². The summed E-state index contributed by atoms with van der Waals surface area (Å²) in [5.41, 5.74) is -0.367. The van der Waals surface area contributed by atoms with Crippen molar-refractivity contribution in [2.45, 2.75) is 46.5 Å². The van der Waals surface area contributed by atoms with Gasteiger partial charge in [0.15, 0.2) is 0 Å². The Labute approximate surface area is 140 Å². The maximum atomic E-state index is 12.7. The number of nitrogens with zero attached hydrogens (tertiary/aromatic N) is 1. The fourth-order valence-electron chi connectivity index (χ4n) is 3.61. The van der Waals surface area contributed by atoms with Crippen LogP contribution in [0.2, 0.25) is 0 Å². The van der Waals surface area contributed by atoms with Gasteiger partial charge in [-0.3, -0.25) is 14.5 Å². The molecule has 23 heavy (non-hydrogen) atoms. The van der Waals surface area contributed by atoms with Crippen molar-refractivity contribution in [3.8, 4) is 0 Å². The Hall–Kier alpha value is -0.940. The minimum atomic E-state index is -0.367. The fraction of sp³-hybridized carbons (Fsp3) is 0.889. The summed E-state index contributed by atoms with van der Waals surface area (Å²) in [6.45, 7) is 10.8. The number of carbonyl (C=O) groups is 2. The van der Waals surface area contributed by atoms with Gasteiger partial charge in [0.1, 0.15) is 5.78 Å². The third kappa shape index (κ3) is 5.28. The number of amides is 1. The average molecular weight is 324 g/mol. The molecule has 1 N–H and O–H groups in total. The number of ether oxygens (including phenoxy) is 1. The summed E-state index contributed by atoms with van der Waals surface area (Å²) in [4.78, 5) is 27.5. The lowest BCUT2D eigenvalue weighted by atomic mass is 9.70. The number of ketones is 1. The summed E-state index contributed by atoms with van der Waals surface area (Å²) >= 11 is 0. The zero-order valence-corrected chi connectivity index (χ0v) is 14.9. The van der Waals surface area contributed by atoms with Gasteiger partial charge in [0.25, 0.3) is 0 Å². The van der Waals surface area contributed by atoms with Gasteiger partial charge < -0.3 is 10.1 Å². The third-order valence-electron chi connectivity index (χ3n) is 5.01. The molecule has 1 aliphatic heterocycles. The van der Waals surface area contributed by atoms with Crippen molar-refractivity contribution in [1.82, 2.24) is 10.2 Å². The summed E-state index contributed by atoms with van der Waals surface area (Å²) in [7, 11) is 0. The minimum absolute atomic E-state index is 0.0700. The van der Waals surface area contributed by atoms with Crippen LogP contribution in [0.3, 0.4) is 0 Å². The van der Waals surface area contributed by atoms with Crippen molar-refractivity contribution in [2.75, 3.05) is 39.4 Å². The first-order valence-electron chi connectivity index (χ1n) is 9.02. The number of Topliss-reactive ketones (excluding diaryl/α,β-unsaturated/α-hetero) is 1. The molecule has 0 aromatic heterocycles. The third-order valence-corrected chi connectivity index (χ3v) is 5.01. The van der Waals surface area contributed by atoms with Crippen LogP contribution in [0, 0.1) is 17.3 Å². The van der Waals surface area contributed by atoms with Gasteiger partial charge in [0.05, 0.1) is 13.2 Å². The number of morpholine rings is 1. The first-order valence-corrected chi connectivity index (χ1v) is 9.02. The van der Waals surface area contributed by atoms with Crippen molar-refractivity contribution in [1.29, 1.82) is 0 Å². The second kappa shape index (κ2) is 8.25. The van der Waals surface area contributed by atoms with Crippen LogP contribution in [-0.2, 0) is 14.3 Å². The summed E-state index contributed by atoms with van der Waals surface area (Å²) in [5.74, 6) is 0.0680. The number of rotatable bonds is 5. The predicted octanol–water partition coefficient (Wildman–Crippen LogP) is 1.86. The minimum Gasteiger partial charge on any atom is -0.379 e. The van der Waals surface area contributed by atoms with Crippen molar-refractivity contribution in [3.63, 3.8) is 0 Å². The molecule has 2 aliphatic rings. The lowest BCUT2D eigenvalue weighted by molar-refractivity contribution is -0.139. The van der Waals surface area contributed by atoms with Crippen LogP contribution in [0.4, 0.5) is 0 Å². The van der Waals surface area contributed by atoms with Gasteiger partial charge in [0.2, 0.25) is 5.91 Å². The van der Waals surface area contributed by atoms with E-state index in [9.17, 15) is 9.59 Å². The maximum absolute atomic E-state index is 12.7. The van der Waals surface area contributed by atoms with E-state index in [1.54, 1.807) is 0 Å². The molecule has 0 aromatic carbocycles. The van der Waals surface area contributed by atoms with E-state index in [-0.39, 0.29) is 28.9 Å². The fourth-order valence-corrected chi connectivity index (χ4v) is 3.61. The van der Waals surface area contributed by atoms with E-state index in [0.717, 1.165) is 58.5 Å². The van der Waals surface area contributed by atoms with E-state index in [0.29, 0.717) is 6.54 Å². The van der Waals surface area contributed by atoms with Gasteiger partial charge in [-0.05, 0) is 12.8 Å². The molecule has 5 nitrogen and oxygen atoms in total. The lowest BCUT2D eigenvalue weighted by Gasteiger charge is -2.34. The van der Waals surface area contributed by atoms with Gasteiger partial charge >= 0.3 is 0 Å². The molecule has 0 spiro atoms. The maximum Gasteiger partial charge on any atom is 0.223 e. The molecule has 1 heterocycles. The van der Waals surface area contributed by atoms with E-state index in [1.165, 1.54) is 0 Å². The largest absolute Gasteiger partial charge is 0.379 e. The molecule has 2 fully saturated rings. The smallest absolute Gasteiger partial charge is 0.223 e. The topological polar surface area (TPSA) is 58.6 Å². The van der Waals surface area contributed by atoms with Crippen LogP contribution >= 0.6 is 0 Å². The zero-order valence-electron chi connectivity index (χ0n) is 14.9. The lowest BCUT2D eigenvalue weighted by Crippen LogP contribution is -2.46. The Kier molecular flexibility index (Phi) is 6.60. The van der Waals surface area contributed by atoms with Crippen LogP contribution in [0.15, 0.2) is 0 Å². The Bertz CT molecular complexity index is 411. The van der Waals surface area contributed by atoms with Crippen molar-refractivity contribution >= 4 is 11.7 Å². The number of carbonyl (C=O) groups excluding carboxylic acids is 2. The summed E-state index contributed by atoms with van der Waals surface area (Å²) in [6, 6.07) is 0. The molecule has 0 aromatic rings. The summed E-state index contributed by atoms with van der Waals surface area (Å²) in [5, 5.41) is 3.06. The van der Waals surface area contributed by atoms with Gasteiger partial charge in [-0.2, -0.15) is 0 Å². The number of nitrogens with one attached hydrogen (secondary N) is 1. The number of hydrogen-bond acceptors (Lipinski definition) is 4. The van der Waals surface area contributed by atoms with Gasteiger partial charge in [-0.15, -0.1) is 0 Å². The van der Waals surface area contributed by atoms with E-state index < -0.39 is 0 Å². The van der Waals surface area contributed by atoms with Crippen LogP contribution < -0.4 is 5.32 Å². The monoisotopic (exact) mass is 324 g/mol. The molecule has 1 saturated heterocycles. The summed E-state index contributed by atoms with van der Waals surface area (Å²) < 4.78 is 5.33. The van der Waals surface area contributed by atoms with E-state index in [4.69, 9.17) is 4.74 Å². The van der Waals surface area contributed by atoms with Crippen LogP contribution in [0.25, 0.3) is 0 Å². The second-order valence-corrected chi connectivity index (χ2v) is 7.86. The molecule has 5 heteroatoms. The summed E-state index contributed by atoms with van der Waals surface area (Å²) in [6.07, 6.45) is 3.81. The van der Waals surface area contributed by atoms with Crippen LogP contribution in [-0.4, -0.2) is 56.0 Å². The Balaban J connectivity index is 1.84. The Morgan fingerprint density at radius 2 is 1.70 bits per heavy atom. The molecular weight excluding hydrogens is 292 g/mol. The molecule has 0 bridgehead atoms. The first-order chi connectivity index (χ1) is 10.9. The van der Waals surface area contributed by atoms with E-state index >= 15 is 0 Å². The highest BCUT2D eigenvalue weighted by molar-refractivity contribution is 5.91. The second-order valence-electron chi connectivity index (χ2n) is 7.86. The zero-order chi connectivity index (χ0) is 16.9. The Morgan fingerprint density at radius 3 is 2.30 bits per heavy atom. The highest BCUT2D eigenvalue weighted by Crippen LogP contribution is 2.35. The number of hydrogen-bond donors (Lipinski definition) is 1. The Morgan fingerprint density at radius 1 is 1.09 bits per heavy atom. The average Bonchev–Trinajstić information content (AvgIpc) is 2.54. The quantitative estimate of drug-likeness (QED) is 0.838. The molecule has 2 rings (SSSR count). The molecule has 1 saturated carbocycles. The standard InChI is InChI=1S/C18H32N2O3/c1-18(2,3)16(21)14-6-4-5-7-15(14)17(22)19-8-9-20-10-12-23-13-11-20/h14-15H,4-13H2,1-3H3,(H,19,22)/t14-,15+/m0/s1. The SMILES string of the molecule is CC(C)(C)C(=O)[C@H]1CCCC[C@H]1C(=O)NCCN1CCOCC1. The van der Waals surface area contributed by atoms with E-state index in [1.807, 2.05) is 20.8 Å². The van der Waals surface area contributed by atoms with Crippen molar-refractivity contribution in [2.24, 2.45) is 17.3 Å². The van der Waals surface area contributed by atoms with Gasteiger partial charge in [-0.25, -0.2) is 0 Å². The molecule has 2 atom stereocenters. The molecule has 132 valence electrons. The normalized spacial score (nSPS) is 26.7. The first kappa shape index (κ1) is 18.4. The van der Waals surface area contributed by atoms with Crippen molar-refractivity contribution in [3.05, 3.63) is 0 Å². The molecular formula is C18H32N2O3. The molecule has 1 amide bonds. The predicted molar refractivity (Wildman–Crippen MR) is 90.2 cm³/mol. The van der Waals surface area contributed by atoms with Crippen molar-refractivity contribution < 1.29 is 14.3 Å². The highest BCUT2D eigenvalue weighted by Gasteiger charge is 2.39. The molecule has 0 radical (unpaired) electrons. The highest BCUT2D eigenvalue weighted by atomic mass is 16.5. The van der Waals surface area contributed by atoms with E-state index in [2.05, 4.69) is 10.2 Å². The molecule has 1 aliphatic carbocycles. The van der Waals surface area contributed by atoms with Crippen LogP contribution in [0.5, 0.6) is 0 Å². The molecule has 0 unspecified atom stereocenters. The van der Waals surface area contributed by atoms with Crippen LogP contribution in [0.1, 0.15) is 46.5 Å². The van der Waals surface area contributed by atoms with Gasteiger partial charge in [0, 0.05) is 43.4 Å².